The lowest BCUT2D eigenvalue weighted by Crippen LogP contribution is -2.13. The molecular formula is C20H17N5O. The summed E-state index contributed by atoms with van der Waals surface area (Å²) in [6, 6.07) is 14.8. The Morgan fingerprint density at radius 3 is 2.46 bits per heavy atom. The highest BCUT2D eigenvalue weighted by Gasteiger charge is 2.08. The molecule has 0 bridgehead atoms. The first-order valence-corrected chi connectivity index (χ1v) is 8.03. The van der Waals surface area contributed by atoms with Crippen molar-refractivity contribution in [2.24, 2.45) is 0 Å². The van der Waals surface area contributed by atoms with E-state index < -0.39 is 0 Å². The van der Waals surface area contributed by atoms with Gasteiger partial charge in [0.15, 0.2) is 0 Å². The fourth-order valence-electron chi connectivity index (χ4n) is 2.33. The maximum Gasteiger partial charge on any atom is 0.258 e. The van der Waals surface area contributed by atoms with Gasteiger partial charge in [-0.05, 0) is 55.3 Å². The summed E-state index contributed by atoms with van der Waals surface area (Å²) in [5.74, 6) is 0.0779. The van der Waals surface area contributed by atoms with E-state index in [2.05, 4.69) is 26.7 Å². The molecule has 0 aliphatic heterocycles. The molecule has 128 valence electrons. The van der Waals surface area contributed by atoms with Crippen LogP contribution < -0.4 is 10.6 Å². The minimum absolute atomic E-state index is 0.272. The number of carbonyl (C=O) groups is 1. The van der Waals surface area contributed by atoms with Crippen LogP contribution in [0, 0.1) is 25.2 Å². The van der Waals surface area contributed by atoms with Crippen LogP contribution in [0.4, 0.5) is 17.3 Å². The van der Waals surface area contributed by atoms with Gasteiger partial charge >= 0.3 is 0 Å². The molecule has 0 aliphatic carbocycles. The van der Waals surface area contributed by atoms with Crippen LogP contribution in [0.25, 0.3) is 0 Å². The number of aromatic nitrogens is 2. The van der Waals surface area contributed by atoms with Crippen LogP contribution in [-0.2, 0) is 0 Å². The van der Waals surface area contributed by atoms with Crippen LogP contribution >= 0.6 is 0 Å². The Morgan fingerprint density at radius 1 is 1.00 bits per heavy atom. The zero-order chi connectivity index (χ0) is 18.5. The van der Waals surface area contributed by atoms with Crippen LogP contribution in [-0.4, -0.2) is 15.9 Å². The normalized spacial score (nSPS) is 10.0. The number of nitrogens with zero attached hydrogens (tertiary/aromatic N) is 3. The predicted molar refractivity (Wildman–Crippen MR) is 100 cm³/mol. The van der Waals surface area contributed by atoms with Crippen molar-refractivity contribution in [3.05, 3.63) is 77.1 Å². The molecule has 6 nitrogen and oxygen atoms in total. The zero-order valence-electron chi connectivity index (χ0n) is 14.4. The minimum atomic E-state index is -0.272. The largest absolute Gasteiger partial charge is 0.324 e. The lowest BCUT2D eigenvalue weighted by Gasteiger charge is -2.08. The molecule has 0 saturated carbocycles. The summed E-state index contributed by atoms with van der Waals surface area (Å²) < 4.78 is 0. The zero-order valence-corrected chi connectivity index (χ0v) is 14.4. The first kappa shape index (κ1) is 17.1. The van der Waals surface area contributed by atoms with Gasteiger partial charge in [0.05, 0.1) is 17.2 Å². The molecule has 2 N–H and O–H groups in total. The highest BCUT2D eigenvalue weighted by atomic mass is 16.1. The number of carbonyl (C=O) groups excluding carboxylic acids is 1. The summed E-state index contributed by atoms with van der Waals surface area (Å²) >= 11 is 0. The third-order valence-electron chi connectivity index (χ3n) is 3.93. The minimum Gasteiger partial charge on any atom is -0.324 e. The first-order chi connectivity index (χ1) is 12.5. The Labute approximate surface area is 151 Å². The number of aryl methyl sites for hydroxylation is 2. The second-order valence-corrected chi connectivity index (χ2v) is 5.87. The van der Waals surface area contributed by atoms with Gasteiger partial charge in [0, 0.05) is 23.8 Å². The maximum absolute atomic E-state index is 12.3. The Hall–Kier alpha value is -3.72. The van der Waals surface area contributed by atoms with Crippen LogP contribution in [0.2, 0.25) is 0 Å². The second kappa shape index (κ2) is 7.45. The standard InChI is InChI=1S/C20H17N5O/c1-13-6-7-18(8-14(13)2)24-19(26)16-11-22-20(23-12-16)25-17-5-3-4-15(9-17)10-21/h3-9,11-12H,1-2H3,(H,24,26)(H,22,23,25). The van der Waals surface area contributed by atoms with E-state index in [0.717, 1.165) is 11.3 Å². The molecule has 3 rings (SSSR count). The number of nitriles is 1. The number of anilines is 3. The van der Waals surface area contributed by atoms with Gasteiger partial charge in [-0.2, -0.15) is 5.26 Å². The van der Waals surface area contributed by atoms with Crippen molar-refractivity contribution < 1.29 is 4.79 Å². The van der Waals surface area contributed by atoms with Crippen LogP contribution in [0.3, 0.4) is 0 Å². The molecule has 0 spiro atoms. The van der Waals surface area contributed by atoms with E-state index in [-0.39, 0.29) is 5.91 Å². The van der Waals surface area contributed by atoms with E-state index in [1.807, 2.05) is 38.1 Å². The molecule has 0 aliphatic rings. The lowest BCUT2D eigenvalue weighted by atomic mass is 10.1. The van der Waals surface area contributed by atoms with Crippen molar-refractivity contribution in [3.63, 3.8) is 0 Å². The highest BCUT2D eigenvalue weighted by molar-refractivity contribution is 6.03. The van der Waals surface area contributed by atoms with Crippen molar-refractivity contribution in [2.45, 2.75) is 13.8 Å². The highest BCUT2D eigenvalue weighted by Crippen LogP contribution is 2.16. The Bertz CT molecular complexity index is 990. The molecule has 0 unspecified atom stereocenters. The van der Waals surface area contributed by atoms with Crippen molar-refractivity contribution in [2.75, 3.05) is 10.6 Å². The fourth-order valence-corrected chi connectivity index (χ4v) is 2.33. The Balaban J connectivity index is 1.69. The van der Waals surface area contributed by atoms with E-state index in [9.17, 15) is 4.79 Å². The van der Waals surface area contributed by atoms with Crippen LogP contribution in [0.15, 0.2) is 54.9 Å². The average molecular weight is 343 g/mol. The number of rotatable bonds is 4. The molecular weight excluding hydrogens is 326 g/mol. The van der Waals surface area contributed by atoms with E-state index >= 15 is 0 Å². The van der Waals surface area contributed by atoms with Gasteiger partial charge in [-0.15, -0.1) is 0 Å². The molecule has 0 radical (unpaired) electrons. The van der Waals surface area contributed by atoms with Gasteiger partial charge in [-0.3, -0.25) is 4.79 Å². The van der Waals surface area contributed by atoms with Crippen molar-refractivity contribution >= 4 is 23.2 Å². The summed E-state index contributed by atoms with van der Waals surface area (Å²) in [7, 11) is 0. The van der Waals surface area contributed by atoms with Crippen molar-refractivity contribution in [3.8, 4) is 6.07 Å². The van der Waals surface area contributed by atoms with Gasteiger partial charge in [-0.1, -0.05) is 12.1 Å². The molecule has 0 atom stereocenters. The predicted octanol–water partition coefficient (Wildman–Crippen LogP) is 3.96. The number of benzene rings is 2. The summed E-state index contributed by atoms with van der Waals surface area (Å²) in [4.78, 5) is 20.6. The van der Waals surface area contributed by atoms with E-state index in [1.165, 1.54) is 18.0 Å². The van der Waals surface area contributed by atoms with Gasteiger partial charge in [0.1, 0.15) is 0 Å². The Morgan fingerprint density at radius 2 is 1.77 bits per heavy atom. The SMILES string of the molecule is Cc1ccc(NC(=O)c2cnc(Nc3cccc(C#N)c3)nc2)cc1C. The summed E-state index contributed by atoms with van der Waals surface area (Å²) in [5, 5.41) is 14.8. The van der Waals surface area contributed by atoms with Gasteiger partial charge in [0.2, 0.25) is 5.95 Å². The van der Waals surface area contributed by atoms with Crippen molar-refractivity contribution in [1.29, 1.82) is 5.26 Å². The van der Waals surface area contributed by atoms with Gasteiger partial charge < -0.3 is 10.6 Å². The number of hydrogen-bond acceptors (Lipinski definition) is 5. The number of nitrogens with one attached hydrogen (secondary N) is 2. The monoisotopic (exact) mass is 343 g/mol. The maximum atomic E-state index is 12.3. The Kier molecular flexibility index (Phi) is 4.90. The molecule has 26 heavy (non-hydrogen) atoms. The third-order valence-corrected chi connectivity index (χ3v) is 3.93. The smallest absolute Gasteiger partial charge is 0.258 e. The number of amides is 1. The van der Waals surface area contributed by atoms with Crippen molar-refractivity contribution in [1.82, 2.24) is 9.97 Å². The van der Waals surface area contributed by atoms with Gasteiger partial charge in [-0.25, -0.2) is 9.97 Å². The lowest BCUT2D eigenvalue weighted by molar-refractivity contribution is 0.102. The first-order valence-electron chi connectivity index (χ1n) is 8.03. The number of hydrogen-bond donors (Lipinski definition) is 2. The molecule has 6 heteroatoms. The average Bonchev–Trinajstić information content (AvgIpc) is 2.65. The van der Waals surface area contributed by atoms with Crippen LogP contribution in [0.5, 0.6) is 0 Å². The molecule has 1 heterocycles. The summed E-state index contributed by atoms with van der Waals surface area (Å²) in [6.07, 6.45) is 2.92. The topological polar surface area (TPSA) is 90.7 Å². The quantitative estimate of drug-likeness (QED) is 0.748. The van der Waals surface area contributed by atoms with Crippen LogP contribution in [0.1, 0.15) is 27.0 Å². The van der Waals surface area contributed by atoms with E-state index in [1.54, 1.807) is 18.2 Å². The van der Waals surface area contributed by atoms with E-state index in [4.69, 9.17) is 5.26 Å². The van der Waals surface area contributed by atoms with Gasteiger partial charge in [0.25, 0.3) is 5.91 Å². The molecule has 1 amide bonds. The molecule has 0 saturated heterocycles. The third kappa shape index (κ3) is 4.02. The summed E-state index contributed by atoms with van der Waals surface area (Å²) in [6.45, 7) is 4.02. The summed E-state index contributed by atoms with van der Waals surface area (Å²) in [5.41, 5.74) is 4.62. The molecule has 1 aromatic heterocycles. The second-order valence-electron chi connectivity index (χ2n) is 5.87. The molecule has 2 aromatic carbocycles. The van der Waals surface area contributed by atoms with E-state index in [0.29, 0.717) is 22.8 Å². The fraction of sp³-hybridized carbons (Fsp3) is 0.100. The molecule has 3 aromatic rings. The molecule has 0 fully saturated rings.